The van der Waals surface area contributed by atoms with E-state index in [4.69, 9.17) is 0 Å². The van der Waals surface area contributed by atoms with Gasteiger partial charge >= 0.3 is 0 Å². The lowest BCUT2D eigenvalue weighted by Gasteiger charge is -2.10. The van der Waals surface area contributed by atoms with Gasteiger partial charge in [-0.15, -0.1) is 11.3 Å². The third-order valence-corrected chi connectivity index (χ3v) is 4.72. The molecule has 3 nitrogen and oxygen atoms in total. The molecule has 0 spiro atoms. The van der Waals surface area contributed by atoms with Gasteiger partial charge in [-0.05, 0) is 29.2 Å². The molecular formula is C19H15NO2S. The first kappa shape index (κ1) is 15.3. The second-order valence-electron chi connectivity index (χ2n) is 5.24. The summed E-state index contributed by atoms with van der Waals surface area (Å²) in [5, 5.41) is 0.386. The Bertz CT molecular complexity index is 853. The average Bonchev–Trinajstić information content (AvgIpc) is 3.07. The fourth-order valence-electron chi connectivity index (χ4n) is 2.52. The van der Waals surface area contributed by atoms with Crippen molar-refractivity contribution in [2.45, 2.75) is 13.3 Å². The van der Waals surface area contributed by atoms with E-state index in [1.54, 1.807) is 0 Å². The van der Waals surface area contributed by atoms with Crippen LogP contribution in [0.5, 0.6) is 0 Å². The van der Waals surface area contributed by atoms with Gasteiger partial charge in [-0.3, -0.25) is 9.59 Å². The Labute approximate surface area is 138 Å². The van der Waals surface area contributed by atoms with Crippen LogP contribution in [0.4, 0.5) is 0 Å². The molecule has 1 aromatic heterocycles. The molecule has 0 amide bonds. The zero-order chi connectivity index (χ0) is 16.2. The van der Waals surface area contributed by atoms with Crippen LogP contribution in [0.15, 0.2) is 54.7 Å². The molecule has 0 aliphatic rings. The predicted molar refractivity (Wildman–Crippen MR) is 92.2 cm³/mol. The van der Waals surface area contributed by atoms with Gasteiger partial charge in [-0.2, -0.15) is 0 Å². The Morgan fingerprint density at radius 2 is 1.91 bits per heavy atom. The van der Waals surface area contributed by atoms with Crippen LogP contribution in [0.3, 0.4) is 0 Å². The minimum absolute atomic E-state index is 0.0589. The van der Waals surface area contributed by atoms with Crippen molar-refractivity contribution in [1.29, 1.82) is 0 Å². The minimum Gasteiger partial charge on any atom is -0.297 e. The summed E-state index contributed by atoms with van der Waals surface area (Å²) in [5.41, 5.74) is 4.35. The first-order valence-corrected chi connectivity index (χ1v) is 8.09. The summed E-state index contributed by atoms with van der Waals surface area (Å²) in [6.45, 7) is 2.03. The molecule has 2 aromatic carbocycles. The zero-order valence-electron chi connectivity index (χ0n) is 12.7. The molecule has 0 fully saturated rings. The largest absolute Gasteiger partial charge is 0.297 e. The highest BCUT2D eigenvalue weighted by molar-refractivity contribution is 7.15. The number of ketones is 1. The maximum Gasteiger partial charge on any atom is 0.195 e. The monoisotopic (exact) mass is 321 g/mol. The molecular weight excluding hydrogens is 306 g/mol. The lowest BCUT2D eigenvalue weighted by atomic mass is 9.94. The van der Waals surface area contributed by atoms with Gasteiger partial charge in [0.15, 0.2) is 17.1 Å². The third-order valence-electron chi connectivity index (χ3n) is 3.76. The van der Waals surface area contributed by atoms with Gasteiger partial charge < -0.3 is 0 Å². The number of aldehydes is 1. The summed E-state index contributed by atoms with van der Waals surface area (Å²) in [7, 11) is 0. The minimum atomic E-state index is -0.0589. The number of aromatic nitrogens is 1. The molecule has 23 heavy (non-hydrogen) atoms. The van der Waals surface area contributed by atoms with Gasteiger partial charge in [0.25, 0.3) is 0 Å². The van der Waals surface area contributed by atoms with E-state index in [9.17, 15) is 9.59 Å². The van der Waals surface area contributed by atoms with E-state index in [1.807, 2.05) is 37.3 Å². The van der Waals surface area contributed by atoms with Crippen LogP contribution < -0.4 is 0 Å². The highest BCUT2D eigenvalue weighted by Gasteiger charge is 2.14. The Balaban J connectivity index is 1.89. The second kappa shape index (κ2) is 6.67. The standard InChI is InChI=1S/C19H15NO2S/c1-13-15(10-18(22)19-20-11-16(12-21)23-19)8-5-9-17(13)14-6-3-2-4-7-14/h2-9,11-12H,10H2,1H3. The number of benzene rings is 2. The lowest BCUT2D eigenvalue weighted by Crippen LogP contribution is -2.05. The van der Waals surface area contributed by atoms with Crippen LogP contribution in [-0.4, -0.2) is 17.1 Å². The SMILES string of the molecule is Cc1c(CC(=O)c2ncc(C=O)s2)cccc1-c1ccccc1. The summed E-state index contributed by atoms with van der Waals surface area (Å²) < 4.78 is 0. The van der Waals surface area contributed by atoms with Crippen molar-refractivity contribution >= 4 is 23.4 Å². The van der Waals surface area contributed by atoms with Crippen molar-refractivity contribution in [3.63, 3.8) is 0 Å². The fourth-order valence-corrected chi connectivity index (χ4v) is 3.19. The third kappa shape index (κ3) is 3.27. The molecule has 4 heteroatoms. The number of nitrogens with zero attached hydrogens (tertiary/aromatic N) is 1. The fraction of sp³-hybridized carbons (Fsp3) is 0.105. The van der Waals surface area contributed by atoms with Crippen LogP contribution >= 0.6 is 11.3 Å². The molecule has 0 aliphatic heterocycles. The van der Waals surface area contributed by atoms with E-state index in [0.29, 0.717) is 9.88 Å². The highest BCUT2D eigenvalue weighted by atomic mass is 32.1. The van der Waals surface area contributed by atoms with Crippen LogP contribution in [-0.2, 0) is 6.42 Å². The summed E-state index contributed by atoms with van der Waals surface area (Å²) in [4.78, 5) is 27.6. The lowest BCUT2D eigenvalue weighted by molar-refractivity contribution is 0.0992. The van der Waals surface area contributed by atoms with Gasteiger partial charge in [0, 0.05) is 12.6 Å². The number of rotatable bonds is 5. The number of hydrogen-bond acceptors (Lipinski definition) is 4. The van der Waals surface area contributed by atoms with Crippen molar-refractivity contribution < 1.29 is 9.59 Å². The quantitative estimate of drug-likeness (QED) is 0.518. The van der Waals surface area contributed by atoms with Gasteiger partial charge in [-0.25, -0.2) is 4.98 Å². The molecule has 0 radical (unpaired) electrons. The van der Waals surface area contributed by atoms with Crippen LogP contribution in [0.1, 0.15) is 30.6 Å². The Morgan fingerprint density at radius 3 is 2.61 bits per heavy atom. The Hall–Kier alpha value is -2.59. The molecule has 0 aliphatic carbocycles. The second-order valence-corrected chi connectivity index (χ2v) is 6.30. The molecule has 0 atom stereocenters. The maximum absolute atomic E-state index is 12.4. The van der Waals surface area contributed by atoms with E-state index in [1.165, 1.54) is 6.20 Å². The number of hydrogen-bond donors (Lipinski definition) is 0. The van der Waals surface area contributed by atoms with Crippen molar-refractivity contribution in [1.82, 2.24) is 4.98 Å². The van der Waals surface area contributed by atoms with Crippen molar-refractivity contribution in [3.05, 3.63) is 75.7 Å². The smallest absolute Gasteiger partial charge is 0.195 e. The number of Topliss-reactive ketones (excluding diaryl/α,β-unsaturated/α-hetero) is 1. The average molecular weight is 321 g/mol. The first-order valence-electron chi connectivity index (χ1n) is 7.27. The molecule has 0 saturated carbocycles. The van der Waals surface area contributed by atoms with E-state index < -0.39 is 0 Å². The van der Waals surface area contributed by atoms with Gasteiger partial charge in [0.1, 0.15) is 0 Å². The molecule has 1 heterocycles. The summed E-state index contributed by atoms with van der Waals surface area (Å²) in [6, 6.07) is 16.1. The van der Waals surface area contributed by atoms with E-state index in [2.05, 4.69) is 23.2 Å². The number of thiazole rings is 1. The van der Waals surface area contributed by atoms with Gasteiger partial charge in [0.2, 0.25) is 0 Å². The maximum atomic E-state index is 12.4. The molecule has 3 rings (SSSR count). The number of carbonyl (C=O) groups is 2. The van der Waals surface area contributed by atoms with Crippen molar-refractivity contribution in [2.75, 3.05) is 0 Å². The number of carbonyl (C=O) groups excluding carboxylic acids is 2. The molecule has 0 bridgehead atoms. The molecule has 0 N–H and O–H groups in total. The molecule has 0 unspecified atom stereocenters. The Morgan fingerprint density at radius 1 is 1.13 bits per heavy atom. The zero-order valence-corrected chi connectivity index (χ0v) is 13.5. The van der Waals surface area contributed by atoms with E-state index in [0.717, 1.165) is 39.9 Å². The van der Waals surface area contributed by atoms with Gasteiger partial charge in [-0.1, -0.05) is 48.5 Å². The normalized spacial score (nSPS) is 10.5. The topological polar surface area (TPSA) is 47.0 Å². The Kier molecular flexibility index (Phi) is 4.44. The summed E-state index contributed by atoms with van der Waals surface area (Å²) in [6.07, 6.45) is 2.45. The van der Waals surface area contributed by atoms with Gasteiger partial charge in [0.05, 0.1) is 4.88 Å². The highest BCUT2D eigenvalue weighted by Crippen LogP contribution is 2.26. The van der Waals surface area contributed by atoms with Crippen molar-refractivity contribution in [2.24, 2.45) is 0 Å². The summed E-state index contributed by atoms with van der Waals surface area (Å²) in [5.74, 6) is -0.0589. The summed E-state index contributed by atoms with van der Waals surface area (Å²) >= 11 is 1.14. The van der Waals surface area contributed by atoms with Crippen LogP contribution in [0.25, 0.3) is 11.1 Å². The van der Waals surface area contributed by atoms with E-state index >= 15 is 0 Å². The van der Waals surface area contributed by atoms with E-state index in [-0.39, 0.29) is 12.2 Å². The predicted octanol–water partition coefficient (Wildman–Crippen LogP) is 4.36. The molecule has 114 valence electrons. The molecule has 0 saturated heterocycles. The van der Waals surface area contributed by atoms with Crippen LogP contribution in [0.2, 0.25) is 0 Å². The molecule has 3 aromatic rings. The van der Waals surface area contributed by atoms with Crippen molar-refractivity contribution in [3.8, 4) is 11.1 Å². The first-order chi connectivity index (χ1) is 11.2. The van der Waals surface area contributed by atoms with Crippen LogP contribution in [0, 0.1) is 6.92 Å².